The Morgan fingerprint density at radius 3 is 2.89 bits per heavy atom. The van der Waals surface area contributed by atoms with Crippen molar-refractivity contribution in [2.75, 3.05) is 20.2 Å². The first-order valence-electron chi connectivity index (χ1n) is 6.50. The third kappa shape index (κ3) is 5.94. The zero-order valence-corrected chi connectivity index (χ0v) is 12.2. The van der Waals surface area contributed by atoms with Gasteiger partial charge < -0.3 is 15.4 Å². The lowest BCUT2D eigenvalue weighted by Crippen LogP contribution is -2.20. The number of carbonyl (C=O) groups is 1. The largest absolute Gasteiger partial charge is 0.493 e. The van der Waals surface area contributed by atoms with E-state index in [0.29, 0.717) is 24.6 Å². The molecule has 1 rings (SSSR count). The summed E-state index contributed by atoms with van der Waals surface area (Å²) >= 11 is 5.99. The smallest absolute Gasteiger partial charge is 0.223 e. The van der Waals surface area contributed by atoms with Crippen molar-refractivity contribution in [2.24, 2.45) is 0 Å². The molecular formula is C14H21ClN2O2. The maximum atomic E-state index is 11.1. The molecule has 0 saturated carbocycles. The molecule has 0 aromatic heterocycles. The van der Waals surface area contributed by atoms with Crippen molar-refractivity contribution >= 4 is 17.5 Å². The van der Waals surface area contributed by atoms with Gasteiger partial charge in [-0.25, -0.2) is 0 Å². The lowest BCUT2D eigenvalue weighted by Gasteiger charge is -2.12. The van der Waals surface area contributed by atoms with Gasteiger partial charge in [-0.2, -0.15) is 0 Å². The van der Waals surface area contributed by atoms with Crippen molar-refractivity contribution in [3.05, 3.63) is 28.8 Å². The fourth-order valence-corrected chi connectivity index (χ4v) is 1.80. The minimum absolute atomic E-state index is 0.0281. The first-order valence-corrected chi connectivity index (χ1v) is 6.87. The lowest BCUT2D eigenvalue weighted by atomic mass is 10.2. The number of rotatable bonds is 8. The summed E-state index contributed by atoms with van der Waals surface area (Å²) in [6.45, 7) is 4.14. The Labute approximate surface area is 119 Å². The van der Waals surface area contributed by atoms with Gasteiger partial charge in [-0.05, 0) is 31.2 Å². The second-order valence-corrected chi connectivity index (χ2v) is 4.64. The monoisotopic (exact) mass is 284 g/mol. The summed E-state index contributed by atoms with van der Waals surface area (Å²) in [5.41, 5.74) is 1.01. The molecule has 0 aliphatic heterocycles. The highest BCUT2D eigenvalue weighted by Gasteiger charge is 2.06. The maximum Gasteiger partial charge on any atom is 0.223 e. The molecule has 0 aliphatic rings. The predicted octanol–water partition coefficient (Wildman–Crippen LogP) is 2.35. The molecule has 0 spiro atoms. The van der Waals surface area contributed by atoms with Gasteiger partial charge in [-0.3, -0.25) is 4.79 Å². The summed E-state index contributed by atoms with van der Waals surface area (Å²) in [5.74, 6) is 0.747. The van der Waals surface area contributed by atoms with Crippen LogP contribution in [0.25, 0.3) is 0 Å². The number of carbonyl (C=O) groups excluding carboxylic acids is 1. The van der Waals surface area contributed by atoms with Gasteiger partial charge in [-0.15, -0.1) is 0 Å². The average molecular weight is 285 g/mol. The van der Waals surface area contributed by atoms with E-state index >= 15 is 0 Å². The topological polar surface area (TPSA) is 50.4 Å². The van der Waals surface area contributed by atoms with Crippen LogP contribution in [-0.2, 0) is 11.3 Å². The Hall–Kier alpha value is -1.26. The maximum absolute atomic E-state index is 11.1. The molecular weight excluding hydrogens is 264 g/mol. The van der Waals surface area contributed by atoms with E-state index in [1.807, 2.05) is 12.1 Å². The van der Waals surface area contributed by atoms with Gasteiger partial charge in [0, 0.05) is 24.2 Å². The number of nitrogens with one attached hydrogen (secondary N) is 2. The molecule has 5 heteroatoms. The average Bonchev–Trinajstić information content (AvgIpc) is 2.41. The third-order valence-corrected chi connectivity index (χ3v) is 2.87. The molecule has 0 radical (unpaired) electrons. The fraction of sp³-hybridized carbons (Fsp3) is 0.500. The van der Waals surface area contributed by atoms with E-state index in [2.05, 4.69) is 17.6 Å². The second-order valence-electron chi connectivity index (χ2n) is 4.20. The number of ether oxygens (including phenoxy) is 1. The van der Waals surface area contributed by atoms with Crippen LogP contribution in [0.5, 0.6) is 5.75 Å². The Morgan fingerprint density at radius 2 is 2.21 bits per heavy atom. The van der Waals surface area contributed by atoms with Crippen molar-refractivity contribution in [2.45, 2.75) is 26.3 Å². The molecule has 0 aliphatic carbocycles. The van der Waals surface area contributed by atoms with Crippen LogP contribution in [0.15, 0.2) is 18.2 Å². The summed E-state index contributed by atoms with van der Waals surface area (Å²) in [7, 11) is 1.62. The summed E-state index contributed by atoms with van der Waals surface area (Å²) in [6, 6.07) is 5.52. The highest BCUT2D eigenvalue weighted by atomic mass is 35.5. The van der Waals surface area contributed by atoms with Crippen LogP contribution < -0.4 is 15.4 Å². The van der Waals surface area contributed by atoms with Crippen LogP contribution >= 0.6 is 11.6 Å². The molecule has 0 fully saturated rings. The summed E-state index contributed by atoms with van der Waals surface area (Å²) in [6.07, 6.45) is 1.42. The minimum atomic E-state index is -0.0281. The molecule has 2 N–H and O–H groups in total. The molecule has 1 aromatic carbocycles. The van der Waals surface area contributed by atoms with Gasteiger partial charge in [-0.1, -0.05) is 18.5 Å². The molecule has 0 unspecified atom stereocenters. The van der Waals surface area contributed by atoms with E-state index in [-0.39, 0.29) is 5.91 Å². The standard InChI is InChI=1S/C14H21ClN2O2/c1-3-7-17-10-11-9-12(15)4-5-13(11)19-8-6-14(18)16-2/h4-5,9,17H,3,6-8,10H2,1-2H3,(H,16,18). The molecule has 1 amide bonds. The van der Waals surface area contributed by atoms with Crippen molar-refractivity contribution in [1.82, 2.24) is 10.6 Å². The van der Waals surface area contributed by atoms with Crippen LogP contribution in [0.3, 0.4) is 0 Å². The van der Waals surface area contributed by atoms with Crippen LogP contribution in [0, 0.1) is 0 Å². The predicted molar refractivity (Wildman–Crippen MR) is 77.6 cm³/mol. The SMILES string of the molecule is CCCNCc1cc(Cl)ccc1OCCC(=O)NC. The highest BCUT2D eigenvalue weighted by molar-refractivity contribution is 6.30. The van der Waals surface area contributed by atoms with Crippen molar-refractivity contribution in [1.29, 1.82) is 0 Å². The fourth-order valence-electron chi connectivity index (χ4n) is 1.61. The molecule has 1 aromatic rings. The second kappa shape index (κ2) is 8.77. The van der Waals surface area contributed by atoms with Gasteiger partial charge >= 0.3 is 0 Å². The zero-order chi connectivity index (χ0) is 14.1. The van der Waals surface area contributed by atoms with Crippen LogP contribution in [0.4, 0.5) is 0 Å². The lowest BCUT2D eigenvalue weighted by molar-refractivity contribution is -0.121. The number of benzene rings is 1. The third-order valence-electron chi connectivity index (χ3n) is 2.63. The summed E-state index contributed by atoms with van der Waals surface area (Å²) < 4.78 is 5.64. The van der Waals surface area contributed by atoms with Gasteiger partial charge in [0.15, 0.2) is 0 Å². The molecule has 0 atom stereocenters. The van der Waals surface area contributed by atoms with Crippen LogP contribution in [0.1, 0.15) is 25.3 Å². The van der Waals surface area contributed by atoms with Crippen LogP contribution in [0.2, 0.25) is 5.02 Å². The van der Waals surface area contributed by atoms with Gasteiger partial charge in [0.05, 0.1) is 13.0 Å². The molecule has 106 valence electrons. The van der Waals surface area contributed by atoms with Crippen LogP contribution in [-0.4, -0.2) is 26.1 Å². The van der Waals surface area contributed by atoms with E-state index < -0.39 is 0 Å². The molecule has 4 nitrogen and oxygen atoms in total. The van der Waals surface area contributed by atoms with E-state index in [9.17, 15) is 4.79 Å². The van der Waals surface area contributed by atoms with Crippen molar-refractivity contribution < 1.29 is 9.53 Å². The number of amides is 1. The Morgan fingerprint density at radius 1 is 1.42 bits per heavy atom. The first-order chi connectivity index (χ1) is 9.17. The zero-order valence-electron chi connectivity index (χ0n) is 11.5. The normalized spacial score (nSPS) is 10.3. The quantitative estimate of drug-likeness (QED) is 0.721. The van der Waals surface area contributed by atoms with Gasteiger partial charge in [0.25, 0.3) is 0 Å². The van der Waals surface area contributed by atoms with Crippen molar-refractivity contribution in [3.8, 4) is 5.75 Å². The van der Waals surface area contributed by atoms with E-state index in [1.54, 1.807) is 13.1 Å². The number of hydrogen-bond acceptors (Lipinski definition) is 3. The number of hydrogen-bond donors (Lipinski definition) is 2. The molecule has 0 bridgehead atoms. The Kier molecular flexibility index (Phi) is 7.30. The minimum Gasteiger partial charge on any atom is -0.493 e. The van der Waals surface area contributed by atoms with E-state index in [4.69, 9.17) is 16.3 Å². The van der Waals surface area contributed by atoms with E-state index in [0.717, 1.165) is 24.3 Å². The van der Waals surface area contributed by atoms with Gasteiger partial charge in [0.2, 0.25) is 5.91 Å². The molecule has 0 saturated heterocycles. The molecule has 19 heavy (non-hydrogen) atoms. The summed E-state index contributed by atoms with van der Waals surface area (Å²) in [4.78, 5) is 11.1. The van der Waals surface area contributed by atoms with Gasteiger partial charge in [0.1, 0.15) is 5.75 Å². The first kappa shape index (κ1) is 15.8. The number of halogens is 1. The molecule has 0 heterocycles. The highest BCUT2D eigenvalue weighted by Crippen LogP contribution is 2.23. The Bertz CT molecular complexity index is 410. The van der Waals surface area contributed by atoms with Crippen molar-refractivity contribution in [3.63, 3.8) is 0 Å². The summed E-state index contributed by atoms with van der Waals surface area (Å²) in [5, 5.41) is 6.56. The Balaban J connectivity index is 2.57. The van der Waals surface area contributed by atoms with E-state index in [1.165, 1.54) is 0 Å².